The van der Waals surface area contributed by atoms with Crippen LogP contribution in [-0.4, -0.2) is 19.5 Å². The van der Waals surface area contributed by atoms with E-state index in [1.165, 1.54) is 4.57 Å². The lowest BCUT2D eigenvalue weighted by molar-refractivity contribution is 0.588. The number of hydrogen-bond donors (Lipinski definition) is 2. The van der Waals surface area contributed by atoms with Gasteiger partial charge in [-0.3, -0.25) is 14.3 Å². The van der Waals surface area contributed by atoms with Crippen molar-refractivity contribution >= 4 is 11.2 Å². The molecule has 2 heterocycles. The number of aromatic nitrogens is 4. The minimum atomic E-state index is -0.441. The van der Waals surface area contributed by atoms with E-state index in [4.69, 9.17) is 5.26 Å². The number of H-pyrrole nitrogens is 2. The van der Waals surface area contributed by atoms with Gasteiger partial charge in [-0.2, -0.15) is 5.26 Å². The number of hydrogen-bond acceptors (Lipinski definition) is 4. The van der Waals surface area contributed by atoms with Crippen molar-refractivity contribution < 1.29 is 0 Å². The highest BCUT2D eigenvalue weighted by atomic mass is 16.2. The van der Waals surface area contributed by atoms with Gasteiger partial charge in [-0.15, -0.1) is 0 Å². The standard InChI is InChI=1S/C17H17N5O2/c1-2-3-10-22-16(23)13-15(21-17(22)24)20-14(19-13)12-6-4-11(5-7-12)8-9-18/h4-7H,2-3,8,10H2,1H3,(H,19,20)(H,21,24). The van der Waals surface area contributed by atoms with Crippen LogP contribution in [0, 0.1) is 11.3 Å². The highest BCUT2D eigenvalue weighted by molar-refractivity contribution is 5.74. The molecule has 0 bridgehead atoms. The van der Waals surface area contributed by atoms with E-state index in [1.807, 2.05) is 31.2 Å². The van der Waals surface area contributed by atoms with E-state index in [-0.39, 0.29) is 11.2 Å². The fourth-order valence-electron chi connectivity index (χ4n) is 2.54. The Morgan fingerprint density at radius 1 is 1.21 bits per heavy atom. The summed E-state index contributed by atoms with van der Waals surface area (Å²) in [6, 6.07) is 9.44. The van der Waals surface area contributed by atoms with Crippen molar-refractivity contribution in [2.75, 3.05) is 0 Å². The number of rotatable bonds is 5. The van der Waals surface area contributed by atoms with Crippen LogP contribution in [0.5, 0.6) is 0 Å². The molecular weight excluding hydrogens is 306 g/mol. The average molecular weight is 323 g/mol. The van der Waals surface area contributed by atoms with E-state index in [2.05, 4.69) is 21.0 Å². The van der Waals surface area contributed by atoms with E-state index < -0.39 is 5.69 Å². The Morgan fingerprint density at radius 3 is 2.62 bits per heavy atom. The second-order valence-corrected chi connectivity index (χ2v) is 5.58. The molecule has 7 nitrogen and oxygen atoms in total. The number of nitriles is 1. The Labute approximate surface area is 137 Å². The van der Waals surface area contributed by atoms with Gasteiger partial charge in [-0.25, -0.2) is 9.78 Å². The SMILES string of the molecule is CCCCn1c(=O)[nH]c2nc(-c3ccc(CC#N)cc3)[nH]c2c1=O. The highest BCUT2D eigenvalue weighted by Crippen LogP contribution is 2.18. The van der Waals surface area contributed by atoms with Crippen molar-refractivity contribution in [2.45, 2.75) is 32.7 Å². The highest BCUT2D eigenvalue weighted by Gasteiger charge is 2.13. The van der Waals surface area contributed by atoms with Crippen LogP contribution in [0.2, 0.25) is 0 Å². The average Bonchev–Trinajstić information content (AvgIpc) is 3.00. The van der Waals surface area contributed by atoms with E-state index in [0.29, 0.717) is 24.3 Å². The van der Waals surface area contributed by atoms with Crippen LogP contribution in [0.25, 0.3) is 22.6 Å². The van der Waals surface area contributed by atoms with Crippen LogP contribution in [0.4, 0.5) is 0 Å². The van der Waals surface area contributed by atoms with Crippen LogP contribution >= 0.6 is 0 Å². The lowest BCUT2D eigenvalue weighted by Crippen LogP contribution is -2.35. The Morgan fingerprint density at radius 2 is 1.96 bits per heavy atom. The second kappa shape index (κ2) is 6.54. The van der Waals surface area contributed by atoms with Gasteiger partial charge in [0.2, 0.25) is 0 Å². The van der Waals surface area contributed by atoms with Crippen molar-refractivity contribution in [3.05, 3.63) is 50.7 Å². The molecule has 2 N–H and O–H groups in total. The maximum atomic E-state index is 12.5. The first-order valence-electron chi connectivity index (χ1n) is 7.83. The van der Waals surface area contributed by atoms with Gasteiger partial charge in [0.1, 0.15) is 11.3 Å². The van der Waals surface area contributed by atoms with Crippen LogP contribution in [0.1, 0.15) is 25.3 Å². The molecule has 7 heteroatoms. The smallest absolute Gasteiger partial charge is 0.330 e. The van der Waals surface area contributed by atoms with Gasteiger partial charge >= 0.3 is 5.69 Å². The molecule has 1 aromatic carbocycles. The fraction of sp³-hybridized carbons (Fsp3) is 0.294. The Hall–Kier alpha value is -3.14. The Bertz CT molecular complexity index is 1020. The topological polar surface area (TPSA) is 107 Å². The largest absolute Gasteiger partial charge is 0.332 e. The number of nitrogens with one attached hydrogen (secondary N) is 2. The van der Waals surface area contributed by atoms with Gasteiger partial charge < -0.3 is 4.98 Å². The summed E-state index contributed by atoms with van der Waals surface area (Å²) >= 11 is 0. The van der Waals surface area contributed by atoms with Crippen molar-refractivity contribution in [2.24, 2.45) is 0 Å². The van der Waals surface area contributed by atoms with E-state index in [1.54, 1.807) is 0 Å². The molecule has 0 saturated carbocycles. The molecule has 0 spiro atoms. The minimum absolute atomic E-state index is 0.258. The lowest BCUT2D eigenvalue weighted by Gasteiger charge is -2.01. The fourth-order valence-corrected chi connectivity index (χ4v) is 2.54. The quantitative estimate of drug-likeness (QED) is 0.748. The number of nitrogens with zero attached hydrogens (tertiary/aromatic N) is 3. The molecule has 122 valence electrons. The summed E-state index contributed by atoms with van der Waals surface area (Å²) in [5.74, 6) is 0.509. The van der Waals surface area contributed by atoms with E-state index in [9.17, 15) is 9.59 Å². The predicted octanol–water partition coefficient (Wildman–Crippen LogP) is 1.95. The monoisotopic (exact) mass is 323 g/mol. The molecule has 0 saturated heterocycles. The molecule has 2 aromatic heterocycles. The molecule has 0 aliphatic rings. The number of aromatic amines is 2. The van der Waals surface area contributed by atoms with Crippen molar-refractivity contribution in [3.8, 4) is 17.5 Å². The van der Waals surface area contributed by atoms with Gasteiger partial charge in [0.15, 0.2) is 5.65 Å². The van der Waals surface area contributed by atoms with Gasteiger partial charge in [-0.05, 0) is 12.0 Å². The molecule has 0 amide bonds. The summed E-state index contributed by atoms with van der Waals surface area (Å²) in [6.07, 6.45) is 2.00. The summed E-state index contributed by atoms with van der Waals surface area (Å²) in [4.78, 5) is 34.5. The molecule has 0 aliphatic heterocycles. The minimum Gasteiger partial charge on any atom is -0.332 e. The summed E-state index contributed by atoms with van der Waals surface area (Å²) < 4.78 is 1.20. The molecule has 0 radical (unpaired) electrons. The first-order valence-corrected chi connectivity index (χ1v) is 7.83. The summed E-state index contributed by atoms with van der Waals surface area (Å²) in [6.45, 7) is 2.39. The number of benzene rings is 1. The zero-order valence-corrected chi connectivity index (χ0v) is 13.3. The van der Waals surface area contributed by atoms with Gasteiger partial charge in [0.05, 0.1) is 12.5 Å². The maximum absolute atomic E-state index is 12.5. The third-order valence-electron chi connectivity index (χ3n) is 3.88. The third-order valence-corrected chi connectivity index (χ3v) is 3.88. The van der Waals surface area contributed by atoms with Crippen molar-refractivity contribution in [1.82, 2.24) is 19.5 Å². The van der Waals surface area contributed by atoms with E-state index in [0.717, 1.165) is 24.0 Å². The molecule has 0 unspecified atom stereocenters. The zero-order valence-electron chi connectivity index (χ0n) is 13.3. The summed E-state index contributed by atoms with van der Waals surface area (Å²) in [5.41, 5.74) is 1.45. The second-order valence-electron chi connectivity index (χ2n) is 5.58. The number of unbranched alkanes of at least 4 members (excludes halogenated alkanes) is 1. The molecule has 24 heavy (non-hydrogen) atoms. The molecule has 3 rings (SSSR count). The van der Waals surface area contributed by atoms with Crippen LogP contribution in [-0.2, 0) is 13.0 Å². The number of fused-ring (bicyclic) bond motifs is 1. The Kier molecular flexibility index (Phi) is 4.29. The van der Waals surface area contributed by atoms with Gasteiger partial charge in [-0.1, -0.05) is 37.6 Å². The van der Waals surface area contributed by atoms with Gasteiger partial charge in [0.25, 0.3) is 5.56 Å². The van der Waals surface area contributed by atoms with Crippen molar-refractivity contribution in [3.63, 3.8) is 0 Å². The van der Waals surface area contributed by atoms with Crippen molar-refractivity contribution in [1.29, 1.82) is 5.26 Å². The number of imidazole rings is 1. The molecule has 0 fully saturated rings. The molecule has 0 atom stereocenters. The molecular formula is C17H17N5O2. The first kappa shape index (κ1) is 15.7. The normalized spacial score (nSPS) is 10.8. The first-order chi connectivity index (χ1) is 11.6. The van der Waals surface area contributed by atoms with E-state index >= 15 is 0 Å². The third kappa shape index (κ3) is 2.86. The summed E-state index contributed by atoms with van der Waals surface area (Å²) in [7, 11) is 0. The summed E-state index contributed by atoms with van der Waals surface area (Å²) in [5, 5.41) is 8.71. The van der Waals surface area contributed by atoms with Gasteiger partial charge in [0, 0.05) is 12.1 Å². The predicted molar refractivity (Wildman–Crippen MR) is 90.6 cm³/mol. The lowest BCUT2D eigenvalue weighted by atomic mass is 10.1. The Balaban J connectivity index is 2.05. The van der Waals surface area contributed by atoms with Crippen LogP contribution in [0.15, 0.2) is 33.9 Å². The zero-order chi connectivity index (χ0) is 17.1. The maximum Gasteiger partial charge on any atom is 0.330 e. The van der Waals surface area contributed by atoms with Crippen LogP contribution in [0.3, 0.4) is 0 Å². The molecule has 3 aromatic rings. The van der Waals surface area contributed by atoms with Crippen LogP contribution < -0.4 is 11.2 Å². The molecule has 0 aliphatic carbocycles.